The third-order valence-electron chi connectivity index (χ3n) is 4.55. The summed E-state index contributed by atoms with van der Waals surface area (Å²) in [4.78, 5) is 14.4. The smallest absolute Gasteiger partial charge is 0.254 e. The molecule has 3 nitrogen and oxygen atoms in total. The van der Waals surface area contributed by atoms with Gasteiger partial charge in [0.15, 0.2) is 0 Å². The molecule has 102 valence electrons. The third kappa shape index (κ3) is 2.27. The van der Waals surface area contributed by atoms with Crippen LogP contribution in [0.3, 0.4) is 0 Å². The number of nitrogens with zero attached hydrogens (tertiary/aromatic N) is 1. The highest BCUT2D eigenvalue weighted by atomic mass is 16.3. The molecule has 19 heavy (non-hydrogen) atoms. The van der Waals surface area contributed by atoms with E-state index in [2.05, 4.69) is 0 Å². The minimum atomic E-state index is -0.230. The predicted molar refractivity (Wildman–Crippen MR) is 73.9 cm³/mol. The van der Waals surface area contributed by atoms with Gasteiger partial charge in [0.25, 0.3) is 5.91 Å². The summed E-state index contributed by atoms with van der Waals surface area (Å²) in [7, 11) is 0. The lowest BCUT2D eigenvalue weighted by Crippen LogP contribution is -2.37. The lowest BCUT2D eigenvalue weighted by atomic mass is 9.86. The van der Waals surface area contributed by atoms with Gasteiger partial charge in [-0.05, 0) is 30.9 Å². The number of aliphatic hydroxyl groups is 1. The highest BCUT2D eigenvalue weighted by Gasteiger charge is 2.32. The minimum Gasteiger partial charge on any atom is -0.393 e. The topological polar surface area (TPSA) is 40.5 Å². The van der Waals surface area contributed by atoms with E-state index in [0.717, 1.165) is 36.0 Å². The fourth-order valence-corrected chi connectivity index (χ4v) is 3.43. The number of hydrogen-bond acceptors (Lipinski definition) is 2. The number of benzene rings is 1. The molecule has 1 saturated carbocycles. The number of carbonyl (C=O) groups is 1. The molecule has 0 unspecified atom stereocenters. The monoisotopic (exact) mass is 259 g/mol. The number of aliphatic hydroxyl groups excluding tert-OH is 1. The summed E-state index contributed by atoms with van der Waals surface area (Å²) >= 11 is 0. The number of fused-ring (bicyclic) bond motifs is 1. The second kappa shape index (κ2) is 4.97. The fourth-order valence-electron chi connectivity index (χ4n) is 3.43. The number of amides is 1. The van der Waals surface area contributed by atoms with Gasteiger partial charge in [0.05, 0.1) is 6.10 Å². The Morgan fingerprint density at radius 3 is 2.84 bits per heavy atom. The molecule has 2 atom stereocenters. The van der Waals surface area contributed by atoms with E-state index in [9.17, 15) is 9.90 Å². The SMILES string of the molecule is Cc1cccc2c1C(=O)N(C[C@@H]1CCCC[C@@H]1O)C2. The van der Waals surface area contributed by atoms with Gasteiger partial charge in [-0.2, -0.15) is 0 Å². The van der Waals surface area contributed by atoms with Gasteiger partial charge in [0.1, 0.15) is 0 Å². The zero-order valence-electron chi connectivity index (χ0n) is 11.4. The van der Waals surface area contributed by atoms with Crippen LogP contribution in [0.25, 0.3) is 0 Å². The quantitative estimate of drug-likeness (QED) is 0.886. The zero-order chi connectivity index (χ0) is 13.4. The Bertz CT molecular complexity index is 498. The average Bonchev–Trinajstić information content (AvgIpc) is 2.71. The van der Waals surface area contributed by atoms with Crippen LogP contribution < -0.4 is 0 Å². The van der Waals surface area contributed by atoms with E-state index >= 15 is 0 Å². The van der Waals surface area contributed by atoms with E-state index < -0.39 is 0 Å². The van der Waals surface area contributed by atoms with Gasteiger partial charge in [0, 0.05) is 24.6 Å². The Labute approximate surface area is 114 Å². The van der Waals surface area contributed by atoms with E-state index in [4.69, 9.17) is 0 Å². The molecule has 0 aromatic heterocycles. The van der Waals surface area contributed by atoms with E-state index in [-0.39, 0.29) is 17.9 Å². The first-order valence-electron chi connectivity index (χ1n) is 7.22. The van der Waals surface area contributed by atoms with Gasteiger partial charge in [0.2, 0.25) is 0 Å². The van der Waals surface area contributed by atoms with Gasteiger partial charge in [-0.3, -0.25) is 4.79 Å². The van der Waals surface area contributed by atoms with Gasteiger partial charge in [-0.1, -0.05) is 31.0 Å². The van der Waals surface area contributed by atoms with Crippen LogP contribution in [-0.4, -0.2) is 28.6 Å². The van der Waals surface area contributed by atoms with Crippen molar-refractivity contribution < 1.29 is 9.90 Å². The molecular formula is C16H21NO2. The highest BCUT2D eigenvalue weighted by molar-refractivity contribution is 5.99. The summed E-state index contributed by atoms with van der Waals surface area (Å²) in [5, 5.41) is 10.0. The summed E-state index contributed by atoms with van der Waals surface area (Å²) in [6.07, 6.45) is 3.99. The lowest BCUT2D eigenvalue weighted by molar-refractivity contribution is 0.0413. The van der Waals surface area contributed by atoms with Crippen molar-refractivity contribution in [3.8, 4) is 0 Å². The van der Waals surface area contributed by atoms with Crippen molar-refractivity contribution in [2.45, 2.75) is 45.3 Å². The van der Waals surface area contributed by atoms with Gasteiger partial charge < -0.3 is 10.0 Å². The molecule has 1 fully saturated rings. The van der Waals surface area contributed by atoms with Crippen molar-refractivity contribution in [1.29, 1.82) is 0 Å². The Balaban J connectivity index is 1.75. The molecule has 1 amide bonds. The standard InChI is InChI=1S/C16H21NO2/c1-11-5-4-7-13-10-17(16(19)15(11)13)9-12-6-2-3-8-14(12)18/h4-5,7,12,14,18H,2-3,6,8-10H2,1H3/t12-,14-/m0/s1. The maximum atomic E-state index is 12.4. The van der Waals surface area contributed by atoms with Crippen molar-refractivity contribution >= 4 is 5.91 Å². The van der Waals surface area contributed by atoms with E-state index in [1.165, 1.54) is 6.42 Å². The number of hydrogen-bond donors (Lipinski definition) is 1. The predicted octanol–water partition coefficient (Wildman–Crippen LogP) is 2.50. The Morgan fingerprint density at radius 2 is 2.11 bits per heavy atom. The normalized spacial score (nSPS) is 26.6. The van der Waals surface area contributed by atoms with E-state index in [0.29, 0.717) is 13.1 Å². The molecule has 0 bridgehead atoms. The van der Waals surface area contributed by atoms with E-state index in [1.807, 2.05) is 30.0 Å². The summed E-state index contributed by atoms with van der Waals surface area (Å²) in [6.45, 7) is 3.41. The van der Waals surface area contributed by atoms with Crippen LogP contribution in [0, 0.1) is 12.8 Å². The average molecular weight is 259 g/mol. The molecular weight excluding hydrogens is 238 g/mol. The van der Waals surface area contributed by atoms with Gasteiger partial charge in [-0.25, -0.2) is 0 Å². The Kier molecular flexibility index (Phi) is 3.31. The number of carbonyl (C=O) groups excluding carboxylic acids is 1. The summed E-state index contributed by atoms with van der Waals surface area (Å²) in [5.41, 5.74) is 3.08. The number of rotatable bonds is 2. The zero-order valence-corrected chi connectivity index (χ0v) is 11.4. The molecule has 1 aromatic carbocycles. The maximum Gasteiger partial charge on any atom is 0.254 e. The molecule has 3 heteroatoms. The summed E-state index contributed by atoms with van der Waals surface area (Å²) < 4.78 is 0. The summed E-state index contributed by atoms with van der Waals surface area (Å²) in [5.74, 6) is 0.401. The minimum absolute atomic E-state index is 0.144. The van der Waals surface area contributed by atoms with Crippen molar-refractivity contribution in [1.82, 2.24) is 4.90 Å². The molecule has 2 aliphatic rings. The van der Waals surface area contributed by atoms with Crippen molar-refractivity contribution in [2.75, 3.05) is 6.54 Å². The lowest BCUT2D eigenvalue weighted by Gasteiger charge is -2.31. The molecule has 3 rings (SSSR count). The molecule has 1 aliphatic carbocycles. The van der Waals surface area contributed by atoms with E-state index in [1.54, 1.807) is 0 Å². The van der Waals surface area contributed by atoms with Crippen LogP contribution in [0.2, 0.25) is 0 Å². The Morgan fingerprint density at radius 1 is 1.32 bits per heavy atom. The van der Waals surface area contributed by atoms with Crippen LogP contribution >= 0.6 is 0 Å². The molecule has 1 aromatic rings. The highest BCUT2D eigenvalue weighted by Crippen LogP contribution is 2.30. The van der Waals surface area contributed by atoms with Crippen LogP contribution in [0.5, 0.6) is 0 Å². The molecule has 1 heterocycles. The number of aryl methyl sites for hydroxylation is 1. The molecule has 0 spiro atoms. The summed E-state index contributed by atoms with van der Waals surface area (Å²) in [6, 6.07) is 6.05. The maximum absolute atomic E-state index is 12.4. The Hall–Kier alpha value is -1.35. The van der Waals surface area contributed by atoms with Gasteiger partial charge >= 0.3 is 0 Å². The first-order chi connectivity index (χ1) is 9.16. The van der Waals surface area contributed by atoms with Crippen molar-refractivity contribution in [3.63, 3.8) is 0 Å². The second-order valence-electron chi connectivity index (χ2n) is 5.91. The van der Waals surface area contributed by atoms with Crippen molar-refractivity contribution in [3.05, 3.63) is 34.9 Å². The van der Waals surface area contributed by atoms with Crippen LogP contribution in [0.15, 0.2) is 18.2 Å². The molecule has 1 aliphatic heterocycles. The van der Waals surface area contributed by atoms with Crippen LogP contribution in [0.1, 0.15) is 47.2 Å². The van der Waals surface area contributed by atoms with Gasteiger partial charge in [-0.15, -0.1) is 0 Å². The molecule has 0 saturated heterocycles. The third-order valence-corrected chi connectivity index (χ3v) is 4.55. The molecule has 0 radical (unpaired) electrons. The first-order valence-corrected chi connectivity index (χ1v) is 7.22. The largest absolute Gasteiger partial charge is 0.393 e. The second-order valence-corrected chi connectivity index (χ2v) is 5.91. The fraction of sp³-hybridized carbons (Fsp3) is 0.562. The van der Waals surface area contributed by atoms with Crippen LogP contribution in [0.4, 0.5) is 0 Å². The first kappa shape index (κ1) is 12.7. The van der Waals surface area contributed by atoms with Crippen LogP contribution in [-0.2, 0) is 6.54 Å². The molecule has 1 N–H and O–H groups in total. The van der Waals surface area contributed by atoms with Crippen molar-refractivity contribution in [2.24, 2.45) is 5.92 Å².